The largest absolute Gasteiger partial charge is 0.461 e. The second kappa shape index (κ2) is 6.42. The lowest BCUT2D eigenvalue weighted by molar-refractivity contribution is -0.159. The minimum Gasteiger partial charge on any atom is -0.461 e. The summed E-state index contributed by atoms with van der Waals surface area (Å²) in [6, 6.07) is 0. The van der Waals surface area contributed by atoms with Gasteiger partial charge in [0, 0.05) is 12.8 Å². The molecule has 4 fully saturated rings. The molecular weight excluding hydrogens is 360 g/mol. The van der Waals surface area contributed by atoms with Crippen LogP contribution in [0.15, 0.2) is 24.3 Å². The molecule has 1 saturated carbocycles. The number of hydrogen-bond donors (Lipinski definition) is 0. The van der Waals surface area contributed by atoms with Crippen LogP contribution >= 0.6 is 0 Å². The zero-order chi connectivity index (χ0) is 20.3. The van der Waals surface area contributed by atoms with Gasteiger partial charge >= 0.3 is 11.9 Å². The maximum Gasteiger partial charge on any atom is 0.314 e. The third-order valence-corrected chi connectivity index (χ3v) is 6.84. The van der Waals surface area contributed by atoms with Gasteiger partial charge in [0.2, 0.25) is 0 Å². The summed E-state index contributed by atoms with van der Waals surface area (Å²) in [5, 5.41) is 0. The zero-order valence-electron chi connectivity index (χ0n) is 17.2. The molecule has 0 radical (unpaired) electrons. The Kier molecular flexibility index (Phi) is 4.51. The summed E-state index contributed by atoms with van der Waals surface area (Å²) in [5.41, 5.74) is -0.468. The number of fused-ring (bicyclic) bond motifs is 2. The molecule has 0 aromatic rings. The molecule has 4 aliphatic rings. The van der Waals surface area contributed by atoms with Crippen molar-refractivity contribution >= 4 is 11.9 Å². The van der Waals surface area contributed by atoms with Gasteiger partial charge in [0.15, 0.2) is 5.60 Å². The van der Waals surface area contributed by atoms with E-state index >= 15 is 0 Å². The van der Waals surface area contributed by atoms with Crippen molar-refractivity contribution in [3.8, 4) is 0 Å². The molecule has 3 heterocycles. The fourth-order valence-electron chi connectivity index (χ4n) is 4.80. The van der Waals surface area contributed by atoms with Crippen LogP contribution in [-0.4, -0.2) is 47.6 Å². The van der Waals surface area contributed by atoms with Gasteiger partial charge in [0.1, 0.15) is 12.7 Å². The Morgan fingerprint density at radius 3 is 2.64 bits per heavy atom. The molecule has 3 aliphatic heterocycles. The molecule has 3 saturated heterocycles. The van der Waals surface area contributed by atoms with Crippen molar-refractivity contribution in [1.82, 2.24) is 0 Å². The first kappa shape index (κ1) is 19.6. The Hall–Kier alpha value is -1.66. The molecule has 0 N–H and O–H groups in total. The highest BCUT2D eigenvalue weighted by Crippen LogP contribution is 2.52. The molecule has 0 aromatic carbocycles. The van der Waals surface area contributed by atoms with Crippen LogP contribution in [0.1, 0.15) is 53.4 Å². The molecule has 0 aromatic heterocycles. The van der Waals surface area contributed by atoms with Crippen LogP contribution in [0.2, 0.25) is 0 Å². The van der Waals surface area contributed by atoms with E-state index in [0.717, 1.165) is 31.3 Å². The van der Waals surface area contributed by atoms with E-state index in [9.17, 15) is 9.59 Å². The van der Waals surface area contributed by atoms with Gasteiger partial charge in [-0.3, -0.25) is 9.59 Å². The van der Waals surface area contributed by atoms with Crippen molar-refractivity contribution in [1.29, 1.82) is 0 Å². The van der Waals surface area contributed by atoms with E-state index in [0.29, 0.717) is 0 Å². The van der Waals surface area contributed by atoms with E-state index in [2.05, 4.69) is 13.5 Å². The Morgan fingerprint density at radius 2 is 2.00 bits per heavy atom. The topological polar surface area (TPSA) is 77.7 Å². The molecule has 4 rings (SSSR count). The number of esters is 2. The summed E-state index contributed by atoms with van der Waals surface area (Å²) in [6.07, 6.45) is 7.22. The quantitative estimate of drug-likeness (QED) is 0.417. The Balaban J connectivity index is 1.65. The number of carbonyl (C=O) groups excluding carboxylic acids is 2. The van der Waals surface area contributed by atoms with E-state index in [1.165, 1.54) is 6.92 Å². The van der Waals surface area contributed by atoms with Gasteiger partial charge in [0.25, 0.3) is 0 Å². The summed E-state index contributed by atoms with van der Waals surface area (Å²) in [6.45, 7) is 11.7. The fourth-order valence-corrected chi connectivity index (χ4v) is 4.80. The van der Waals surface area contributed by atoms with Crippen molar-refractivity contribution in [2.24, 2.45) is 11.8 Å². The number of epoxide rings is 2. The Morgan fingerprint density at radius 1 is 1.29 bits per heavy atom. The lowest BCUT2D eigenvalue weighted by Crippen LogP contribution is -2.41. The van der Waals surface area contributed by atoms with Crippen LogP contribution in [-0.2, 0) is 28.5 Å². The standard InChI is InChI=1S/C22H30O6/c1-13-6-7-17-21(5,27-17)10-8-15-18(13)19(24)28-22(15,12-25-14(2)23)11-9-16-20(3,4)26-16/h9,11,15-18H,1,6-8,10,12H2,2-5H3. The second-order valence-electron chi connectivity index (χ2n) is 9.40. The molecule has 1 aliphatic carbocycles. The first-order valence-electron chi connectivity index (χ1n) is 10.2. The number of rotatable bonds is 4. The zero-order valence-corrected chi connectivity index (χ0v) is 17.2. The molecule has 6 nitrogen and oxygen atoms in total. The maximum absolute atomic E-state index is 12.9. The predicted molar refractivity (Wildman–Crippen MR) is 101 cm³/mol. The van der Waals surface area contributed by atoms with Gasteiger partial charge < -0.3 is 18.9 Å². The normalized spacial score (nSPS) is 44.0. The van der Waals surface area contributed by atoms with Gasteiger partial charge in [-0.25, -0.2) is 0 Å². The minimum absolute atomic E-state index is 0.00711. The molecule has 6 atom stereocenters. The van der Waals surface area contributed by atoms with Crippen molar-refractivity contribution in [2.75, 3.05) is 6.61 Å². The van der Waals surface area contributed by atoms with E-state index in [-0.39, 0.29) is 47.8 Å². The fraction of sp³-hybridized carbons (Fsp3) is 0.727. The number of cyclic esters (lactones) is 1. The van der Waals surface area contributed by atoms with E-state index in [4.69, 9.17) is 18.9 Å². The summed E-state index contributed by atoms with van der Waals surface area (Å²) in [5.74, 6) is -1.20. The van der Waals surface area contributed by atoms with Crippen molar-refractivity contribution in [2.45, 2.75) is 82.4 Å². The molecule has 0 amide bonds. The lowest BCUT2D eigenvalue weighted by Gasteiger charge is -2.32. The van der Waals surface area contributed by atoms with Crippen LogP contribution in [0.25, 0.3) is 0 Å². The highest BCUT2D eigenvalue weighted by atomic mass is 16.6. The lowest BCUT2D eigenvalue weighted by atomic mass is 9.74. The average Bonchev–Trinajstić information content (AvgIpc) is 3.41. The van der Waals surface area contributed by atoms with Crippen LogP contribution in [0, 0.1) is 11.8 Å². The second-order valence-corrected chi connectivity index (χ2v) is 9.40. The first-order chi connectivity index (χ1) is 13.1. The molecular formula is C22H30O6. The van der Waals surface area contributed by atoms with Gasteiger partial charge in [-0.1, -0.05) is 18.2 Å². The molecule has 0 bridgehead atoms. The monoisotopic (exact) mass is 390 g/mol. The third-order valence-electron chi connectivity index (χ3n) is 6.84. The average molecular weight is 390 g/mol. The van der Waals surface area contributed by atoms with Gasteiger partial charge in [-0.2, -0.15) is 0 Å². The molecule has 154 valence electrons. The van der Waals surface area contributed by atoms with Gasteiger partial charge in [-0.05, 0) is 52.5 Å². The van der Waals surface area contributed by atoms with Crippen LogP contribution in [0.4, 0.5) is 0 Å². The maximum atomic E-state index is 12.9. The van der Waals surface area contributed by atoms with E-state index < -0.39 is 11.6 Å². The van der Waals surface area contributed by atoms with Gasteiger partial charge in [0.05, 0.1) is 23.2 Å². The van der Waals surface area contributed by atoms with Gasteiger partial charge in [-0.15, -0.1) is 0 Å². The van der Waals surface area contributed by atoms with Crippen LogP contribution < -0.4 is 0 Å². The molecule has 6 heteroatoms. The minimum atomic E-state index is -0.997. The smallest absolute Gasteiger partial charge is 0.314 e. The molecule has 6 unspecified atom stereocenters. The van der Waals surface area contributed by atoms with Crippen molar-refractivity contribution < 1.29 is 28.5 Å². The number of carbonyl (C=O) groups is 2. The Labute approximate surface area is 166 Å². The number of ether oxygens (including phenoxy) is 4. The third kappa shape index (κ3) is 3.41. The number of hydrogen-bond acceptors (Lipinski definition) is 6. The first-order valence-corrected chi connectivity index (χ1v) is 10.2. The highest BCUT2D eigenvalue weighted by Gasteiger charge is 2.60. The van der Waals surface area contributed by atoms with Crippen molar-refractivity contribution in [3.05, 3.63) is 24.3 Å². The van der Waals surface area contributed by atoms with E-state index in [1.54, 1.807) is 0 Å². The summed E-state index contributed by atoms with van der Waals surface area (Å²) >= 11 is 0. The van der Waals surface area contributed by atoms with Crippen LogP contribution in [0.5, 0.6) is 0 Å². The molecule has 28 heavy (non-hydrogen) atoms. The van der Waals surface area contributed by atoms with E-state index in [1.807, 2.05) is 26.0 Å². The summed E-state index contributed by atoms with van der Waals surface area (Å²) in [7, 11) is 0. The highest BCUT2D eigenvalue weighted by molar-refractivity contribution is 5.80. The molecule has 0 spiro atoms. The SMILES string of the molecule is C=C1CCC2OC2(C)CCC2C1C(=O)OC2(C=CC1OC1(C)C)COC(C)=O. The Bertz CT molecular complexity index is 739. The van der Waals surface area contributed by atoms with Crippen molar-refractivity contribution in [3.63, 3.8) is 0 Å². The predicted octanol–water partition coefficient (Wildman–Crippen LogP) is 3.10. The summed E-state index contributed by atoms with van der Waals surface area (Å²) < 4.78 is 22.9. The summed E-state index contributed by atoms with van der Waals surface area (Å²) in [4.78, 5) is 24.4. The van der Waals surface area contributed by atoms with Crippen LogP contribution in [0.3, 0.4) is 0 Å².